The summed E-state index contributed by atoms with van der Waals surface area (Å²) in [6, 6.07) is 1.32. The zero-order valence-electron chi connectivity index (χ0n) is 12.3. The van der Waals surface area contributed by atoms with Crippen LogP contribution in [0.5, 0.6) is 0 Å². The minimum Gasteiger partial charge on any atom is -0.478 e. The summed E-state index contributed by atoms with van der Waals surface area (Å²) in [5.74, 6) is -1.12. The van der Waals surface area contributed by atoms with Gasteiger partial charge >= 0.3 is 13.1 Å². The number of rotatable bonds is 5. The lowest BCUT2D eigenvalue weighted by Crippen LogP contribution is -2.53. The Kier molecular flexibility index (Phi) is 4.58. The van der Waals surface area contributed by atoms with Gasteiger partial charge < -0.3 is 19.9 Å². The number of aliphatic hydroxyl groups is 1. The fraction of sp³-hybridized carbons (Fsp3) is 0.538. The van der Waals surface area contributed by atoms with Crippen molar-refractivity contribution in [3.05, 3.63) is 23.5 Å². The summed E-state index contributed by atoms with van der Waals surface area (Å²) in [6.07, 6.45) is 1.35. The Bertz CT molecular complexity index is 510. The second-order valence-corrected chi connectivity index (χ2v) is 5.75. The molecule has 0 bridgehead atoms. The van der Waals surface area contributed by atoms with Gasteiger partial charge in [0.2, 0.25) is 0 Å². The van der Waals surface area contributed by atoms with Crippen LogP contribution in [0.3, 0.4) is 0 Å². The Morgan fingerprint density at radius 1 is 1.35 bits per heavy atom. The summed E-state index contributed by atoms with van der Waals surface area (Å²) in [4.78, 5) is 15.0. The van der Waals surface area contributed by atoms with Crippen molar-refractivity contribution in [3.63, 3.8) is 0 Å². The van der Waals surface area contributed by atoms with E-state index in [1.165, 1.54) is 12.3 Å². The third kappa shape index (κ3) is 3.56. The quantitative estimate of drug-likeness (QED) is 0.673. The highest BCUT2D eigenvalue weighted by atomic mass is 16.5. The molecule has 3 N–H and O–H groups in total. The van der Waals surface area contributed by atoms with Gasteiger partial charge in [0.1, 0.15) is 0 Å². The molecule has 0 unspecified atom stereocenters. The first-order chi connectivity index (χ1) is 8.95. The molecule has 6 nitrogen and oxygen atoms in total. The summed E-state index contributed by atoms with van der Waals surface area (Å²) in [5, 5.41) is 29.1. The molecule has 0 aliphatic carbocycles. The van der Waals surface area contributed by atoms with Crippen molar-refractivity contribution in [3.8, 4) is 0 Å². The summed E-state index contributed by atoms with van der Waals surface area (Å²) >= 11 is 0. The molecule has 0 aliphatic heterocycles. The maximum Gasteiger partial charge on any atom is 0.493 e. The molecule has 1 aromatic rings. The lowest BCUT2D eigenvalue weighted by Gasteiger charge is -2.38. The van der Waals surface area contributed by atoms with Crippen LogP contribution in [0.4, 0.5) is 0 Å². The maximum absolute atomic E-state index is 11.0. The number of hydrogen-bond donors (Lipinski definition) is 3. The van der Waals surface area contributed by atoms with Crippen LogP contribution in [0.15, 0.2) is 12.3 Å². The number of nitrogens with zero attached hydrogens (tertiary/aromatic N) is 1. The van der Waals surface area contributed by atoms with Gasteiger partial charge in [-0.2, -0.15) is 0 Å². The summed E-state index contributed by atoms with van der Waals surface area (Å²) in [7, 11) is -1.37. The van der Waals surface area contributed by atoms with Gasteiger partial charge in [-0.1, -0.05) is 0 Å². The van der Waals surface area contributed by atoms with Crippen molar-refractivity contribution in [1.29, 1.82) is 0 Å². The van der Waals surface area contributed by atoms with Crippen molar-refractivity contribution in [2.24, 2.45) is 0 Å². The molecule has 110 valence electrons. The standard InChI is InChI=1S/C13H20BNO5/c1-8-10(11(16)17)6-9(7-15-8)14(19)20-13(4,5)12(2,3)18/h6-7,18-19H,1-5H3,(H,16,17). The van der Waals surface area contributed by atoms with Gasteiger partial charge in [0, 0.05) is 11.7 Å². The van der Waals surface area contributed by atoms with Crippen molar-refractivity contribution < 1.29 is 24.7 Å². The fourth-order valence-corrected chi connectivity index (χ4v) is 1.39. The average molecular weight is 281 g/mol. The number of carbonyl (C=O) groups is 1. The van der Waals surface area contributed by atoms with Crippen LogP contribution in [0.25, 0.3) is 0 Å². The number of carboxylic acids is 1. The average Bonchev–Trinajstić information content (AvgIpc) is 2.26. The number of pyridine rings is 1. The predicted molar refractivity (Wildman–Crippen MR) is 75.0 cm³/mol. The van der Waals surface area contributed by atoms with Crippen LogP contribution in [0.2, 0.25) is 0 Å². The molecule has 0 atom stereocenters. The van der Waals surface area contributed by atoms with Crippen molar-refractivity contribution >= 4 is 18.6 Å². The Labute approximate surface area is 118 Å². The highest BCUT2D eigenvalue weighted by molar-refractivity contribution is 6.60. The molecule has 0 saturated carbocycles. The number of aromatic carboxylic acids is 1. The third-order valence-electron chi connectivity index (χ3n) is 3.50. The highest BCUT2D eigenvalue weighted by Crippen LogP contribution is 2.25. The van der Waals surface area contributed by atoms with Crippen molar-refractivity contribution in [2.45, 2.75) is 45.8 Å². The first-order valence-electron chi connectivity index (χ1n) is 6.24. The van der Waals surface area contributed by atoms with Gasteiger partial charge in [0.25, 0.3) is 0 Å². The Morgan fingerprint density at radius 2 is 1.90 bits per heavy atom. The van der Waals surface area contributed by atoms with E-state index in [9.17, 15) is 14.9 Å². The molecule has 1 aromatic heterocycles. The smallest absolute Gasteiger partial charge is 0.478 e. The molecule has 1 heterocycles. The first-order valence-corrected chi connectivity index (χ1v) is 6.24. The molecule has 0 amide bonds. The van der Waals surface area contributed by atoms with E-state index >= 15 is 0 Å². The van der Waals surface area contributed by atoms with E-state index in [2.05, 4.69) is 4.98 Å². The van der Waals surface area contributed by atoms with Crippen LogP contribution in [-0.2, 0) is 4.65 Å². The normalized spacial score (nSPS) is 12.3. The predicted octanol–water partition coefficient (Wildman–Crippen LogP) is 0.342. The third-order valence-corrected chi connectivity index (χ3v) is 3.50. The number of hydrogen-bond acceptors (Lipinski definition) is 5. The van der Waals surface area contributed by atoms with Crippen LogP contribution in [0, 0.1) is 6.92 Å². The number of aromatic nitrogens is 1. The Morgan fingerprint density at radius 3 is 2.35 bits per heavy atom. The molecular weight excluding hydrogens is 261 g/mol. The SMILES string of the molecule is Cc1ncc(B(O)OC(C)(C)C(C)(C)O)cc1C(=O)O. The lowest BCUT2D eigenvalue weighted by molar-refractivity contribution is -0.0982. The molecule has 0 saturated heterocycles. The number of carboxylic acid groups (broad SMARTS) is 1. The molecule has 1 rings (SSSR count). The largest absolute Gasteiger partial charge is 0.493 e. The van der Waals surface area contributed by atoms with E-state index in [4.69, 9.17) is 9.76 Å². The minimum absolute atomic E-state index is 0.00575. The molecule has 0 radical (unpaired) electrons. The van der Waals surface area contributed by atoms with E-state index in [1.54, 1.807) is 34.6 Å². The molecule has 20 heavy (non-hydrogen) atoms. The first kappa shape index (κ1) is 16.6. The van der Waals surface area contributed by atoms with E-state index in [1.807, 2.05) is 0 Å². The van der Waals surface area contributed by atoms with E-state index in [-0.39, 0.29) is 11.0 Å². The van der Waals surface area contributed by atoms with Crippen LogP contribution >= 0.6 is 0 Å². The van der Waals surface area contributed by atoms with Gasteiger partial charge in [0.05, 0.1) is 22.5 Å². The molecule has 0 aliphatic rings. The lowest BCUT2D eigenvalue weighted by atomic mass is 9.77. The zero-order valence-corrected chi connectivity index (χ0v) is 12.3. The van der Waals surface area contributed by atoms with Gasteiger partial charge in [-0.05, 0) is 40.7 Å². The minimum atomic E-state index is -1.37. The van der Waals surface area contributed by atoms with Crippen molar-refractivity contribution in [2.75, 3.05) is 0 Å². The molecule has 7 heteroatoms. The topological polar surface area (TPSA) is 99.9 Å². The molecular formula is C13H20BNO5. The van der Waals surface area contributed by atoms with Gasteiger partial charge in [-0.3, -0.25) is 4.98 Å². The van der Waals surface area contributed by atoms with E-state index in [0.29, 0.717) is 5.69 Å². The Balaban J connectivity index is 3.02. The summed E-state index contributed by atoms with van der Waals surface area (Å²) in [6.45, 7) is 7.97. The summed E-state index contributed by atoms with van der Waals surface area (Å²) < 4.78 is 5.44. The van der Waals surface area contributed by atoms with Gasteiger partial charge in [-0.15, -0.1) is 0 Å². The second kappa shape index (κ2) is 5.51. The molecule has 0 fully saturated rings. The second-order valence-electron chi connectivity index (χ2n) is 5.75. The Hall–Kier alpha value is -1.44. The van der Waals surface area contributed by atoms with Crippen LogP contribution in [0.1, 0.15) is 43.7 Å². The molecule has 0 aromatic carbocycles. The monoisotopic (exact) mass is 281 g/mol. The maximum atomic E-state index is 11.0. The van der Waals surface area contributed by atoms with Crippen molar-refractivity contribution in [1.82, 2.24) is 4.98 Å². The van der Waals surface area contributed by atoms with Crippen LogP contribution < -0.4 is 5.46 Å². The fourth-order valence-electron chi connectivity index (χ4n) is 1.39. The van der Waals surface area contributed by atoms with Gasteiger partial charge in [-0.25, -0.2) is 4.79 Å². The molecule has 0 spiro atoms. The highest BCUT2D eigenvalue weighted by Gasteiger charge is 2.39. The van der Waals surface area contributed by atoms with Gasteiger partial charge in [0.15, 0.2) is 0 Å². The number of aryl methyl sites for hydroxylation is 1. The van der Waals surface area contributed by atoms with E-state index < -0.39 is 24.3 Å². The van der Waals surface area contributed by atoms with Crippen LogP contribution in [-0.4, -0.2) is 44.5 Å². The van der Waals surface area contributed by atoms with E-state index in [0.717, 1.165) is 0 Å². The zero-order chi connectivity index (χ0) is 15.7. The summed E-state index contributed by atoms with van der Waals surface area (Å²) in [5.41, 5.74) is -1.62.